The first-order valence-corrected chi connectivity index (χ1v) is 13.3. The number of hydrogen-bond acceptors (Lipinski definition) is 4. The minimum atomic E-state index is -4.16. The predicted octanol–water partition coefficient (Wildman–Crippen LogP) is 3.67. The van der Waals surface area contributed by atoms with E-state index >= 15 is 0 Å². The van der Waals surface area contributed by atoms with Crippen molar-refractivity contribution in [2.75, 3.05) is 26.2 Å². The normalized spacial score (nSPS) is 18.6. The Morgan fingerprint density at radius 3 is 2.32 bits per heavy atom. The summed E-state index contributed by atoms with van der Waals surface area (Å²) in [4.78, 5) is 14.6. The summed E-state index contributed by atoms with van der Waals surface area (Å²) in [6.07, 6.45) is 4.39. The molecule has 34 heavy (non-hydrogen) atoms. The van der Waals surface area contributed by atoms with Crippen molar-refractivity contribution in [3.63, 3.8) is 0 Å². The molecule has 2 heterocycles. The Hall–Kier alpha value is -2.36. The van der Waals surface area contributed by atoms with Crippen LogP contribution < -0.4 is 5.32 Å². The third-order valence-electron chi connectivity index (χ3n) is 6.75. The summed E-state index contributed by atoms with van der Waals surface area (Å²) in [7, 11) is -4.16. The van der Waals surface area contributed by atoms with Gasteiger partial charge in [0.05, 0.1) is 0 Å². The first kappa shape index (κ1) is 24.8. The molecule has 9 heteroatoms. The molecule has 0 radical (unpaired) electrons. The van der Waals surface area contributed by atoms with Crippen LogP contribution in [0, 0.1) is 17.6 Å². The number of piperidine rings is 2. The number of carbonyl (C=O) groups excluding carboxylic acids is 1. The van der Waals surface area contributed by atoms with Crippen LogP contribution in [0.25, 0.3) is 0 Å². The molecule has 184 valence electrons. The number of nitrogens with zero attached hydrogens (tertiary/aromatic N) is 2. The molecular weight excluding hydrogens is 460 g/mol. The molecule has 0 unspecified atom stereocenters. The summed E-state index contributed by atoms with van der Waals surface area (Å²) in [5, 5.41) is 3.01. The van der Waals surface area contributed by atoms with E-state index in [0.717, 1.165) is 41.6 Å². The molecule has 0 saturated carbocycles. The number of carbonyl (C=O) groups is 1. The topological polar surface area (TPSA) is 69.7 Å². The van der Waals surface area contributed by atoms with Gasteiger partial charge in [-0.2, -0.15) is 4.31 Å². The van der Waals surface area contributed by atoms with E-state index < -0.39 is 26.6 Å². The van der Waals surface area contributed by atoms with Gasteiger partial charge >= 0.3 is 0 Å². The number of benzene rings is 2. The maximum absolute atomic E-state index is 14.0. The van der Waals surface area contributed by atoms with Crippen molar-refractivity contribution < 1.29 is 22.0 Å². The van der Waals surface area contributed by atoms with Crippen LogP contribution in [0.5, 0.6) is 0 Å². The molecule has 6 nitrogen and oxygen atoms in total. The monoisotopic (exact) mass is 491 g/mol. The zero-order valence-corrected chi connectivity index (χ0v) is 20.0. The second-order valence-electron chi connectivity index (χ2n) is 9.08. The van der Waals surface area contributed by atoms with E-state index in [1.807, 2.05) is 18.2 Å². The van der Waals surface area contributed by atoms with Crippen molar-refractivity contribution in [1.29, 1.82) is 0 Å². The minimum absolute atomic E-state index is 0.0852. The van der Waals surface area contributed by atoms with Gasteiger partial charge in [0.1, 0.15) is 16.5 Å². The van der Waals surface area contributed by atoms with Gasteiger partial charge in [0.15, 0.2) is 0 Å². The molecule has 1 amide bonds. The largest absolute Gasteiger partial charge is 0.352 e. The van der Waals surface area contributed by atoms with Gasteiger partial charge in [-0.05, 0) is 68.1 Å². The first-order chi connectivity index (χ1) is 16.3. The molecule has 0 bridgehead atoms. The Kier molecular flexibility index (Phi) is 7.95. The molecular formula is C25H31F2N3O3S. The molecule has 1 N–H and O–H groups in total. The lowest BCUT2D eigenvalue weighted by Crippen LogP contribution is -2.43. The van der Waals surface area contributed by atoms with Crippen molar-refractivity contribution in [2.45, 2.75) is 50.1 Å². The summed E-state index contributed by atoms with van der Waals surface area (Å²) in [5.74, 6) is -2.22. The standard InChI is InChI=1S/C25H31F2N3O3S/c26-22-8-9-23(27)24(16-22)34(32,33)30-14-10-19(11-15-30)25(31)28-17-20-6-2-3-7-21(20)18-29-12-4-1-5-13-29/h2-3,6-9,16,19H,1,4-5,10-15,17-18H2,(H,28,31). The smallest absolute Gasteiger partial charge is 0.246 e. The maximum atomic E-state index is 14.0. The Bertz CT molecular complexity index is 1110. The van der Waals surface area contributed by atoms with Gasteiger partial charge in [-0.15, -0.1) is 0 Å². The fraction of sp³-hybridized carbons (Fsp3) is 0.480. The van der Waals surface area contributed by atoms with Crippen molar-refractivity contribution >= 4 is 15.9 Å². The van der Waals surface area contributed by atoms with Crippen LogP contribution in [0.15, 0.2) is 47.4 Å². The van der Waals surface area contributed by atoms with E-state index in [4.69, 9.17) is 0 Å². The van der Waals surface area contributed by atoms with Crippen molar-refractivity contribution in [2.24, 2.45) is 5.92 Å². The summed E-state index contributed by atoms with van der Waals surface area (Å²) >= 11 is 0. The van der Waals surface area contributed by atoms with Gasteiger partial charge in [-0.3, -0.25) is 9.69 Å². The van der Waals surface area contributed by atoms with Gasteiger partial charge in [0.2, 0.25) is 15.9 Å². The fourth-order valence-corrected chi connectivity index (χ4v) is 6.29. The average Bonchev–Trinajstić information content (AvgIpc) is 2.85. The van der Waals surface area contributed by atoms with Crippen LogP contribution in [-0.4, -0.2) is 49.7 Å². The molecule has 0 spiro atoms. The third-order valence-corrected chi connectivity index (χ3v) is 8.66. The lowest BCUT2D eigenvalue weighted by atomic mass is 9.97. The summed E-state index contributed by atoms with van der Waals surface area (Å²) in [6.45, 7) is 3.67. The van der Waals surface area contributed by atoms with Crippen LogP contribution in [0.1, 0.15) is 43.2 Å². The number of sulfonamides is 1. The van der Waals surface area contributed by atoms with Crippen LogP contribution in [0.2, 0.25) is 0 Å². The molecule has 0 aliphatic carbocycles. The van der Waals surface area contributed by atoms with E-state index in [0.29, 0.717) is 25.5 Å². The maximum Gasteiger partial charge on any atom is 0.246 e. The quantitative estimate of drug-likeness (QED) is 0.642. The third kappa shape index (κ3) is 5.82. The van der Waals surface area contributed by atoms with Crippen molar-refractivity contribution in [1.82, 2.24) is 14.5 Å². The van der Waals surface area contributed by atoms with Crippen molar-refractivity contribution in [3.8, 4) is 0 Å². The second-order valence-corrected chi connectivity index (χ2v) is 11.0. The van der Waals surface area contributed by atoms with Gasteiger partial charge in [0, 0.05) is 32.1 Å². The van der Waals surface area contributed by atoms with E-state index in [9.17, 15) is 22.0 Å². The summed E-state index contributed by atoms with van der Waals surface area (Å²) in [6, 6.07) is 10.5. The number of amides is 1. The Labute approximate surface area is 200 Å². The lowest BCUT2D eigenvalue weighted by molar-refractivity contribution is -0.126. The minimum Gasteiger partial charge on any atom is -0.352 e. The summed E-state index contributed by atoms with van der Waals surface area (Å²) < 4.78 is 54.2. The molecule has 2 fully saturated rings. The molecule has 0 atom stereocenters. The second kappa shape index (κ2) is 10.9. The first-order valence-electron chi connectivity index (χ1n) is 11.9. The van der Waals surface area contributed by atoms with Gasteiger partial charge in [-0.1, -0.05) is 30.7 Å². The highest BCUT2D eigenvalue weighted by atomic mass is 32.2. The molecule has 4 rings (SSSR count). The average molecular weight is 492 g/mol. The molecule has 2 aliphatic rings. The Morgan fingerprint density at radius 1 is 0.941 bits per heavy atom. The predicted molar refractivity (Wildman–Crippen MR) is 125 cm³/mol. The number of rotatable bonds is 7. The van der Waals surface area contributed by atoms with Crippen LogP contribution in [0.3, 0.4) is 0 Å². The van der Waals surface area contributed by atoms with Crippen LogP contribution in [0.4, 0.5) is 8.78 Å². The van der Waals surface area contributed by atoms with Crippen LogP contribution in [-0.2, 0) is 27.9 Å². The molecule has 0 aromatic heterocycles. The van der Waals surface area contributed by atoms with E-state index in [1.54, 1.807) is 0 Å². The lowest BCUT2D eigenvalue weighted by Gasteiger charge is -2.30. The zero-order valence-electron chi connectivity index (χ0n) is 19.2. The van der Waals surface area contributed by atoms with Crippen molar-refractivity contribution in [3.05, 3.63) is 65.2 Å². The Balaban J connectivity index is 1.32. The van der Waals surface area contributed by atoms with E-state index in [-0.39, 0.29) is 24.9 Å². The highest BCUT2D eigenvalue weighted by Crippen LogP contribution is 2.26. The molecule has 2 aromatic carbocycles. The fourth-order valence-electron chi connectivity index (χ4n) is 4.74. The molecule has 2 aromatic rings. The number of hydrogen-bond donors (Lipinski definition) is 1. The molecule has 2 aliphatic heterocycles. The number of likely N-dealkylation sites (tertiary alicyclic amines) is 1. The number of halogens is 2. The number of nitrogens with one attached hydrogen (secondary N) is 1. The zero-order chi connectivity index (χ0) is 24.1. The van der Waals surface area contributed by atoms with E-state index in [1.165, 1.54) is 24.8 Å². The van der Waals surface area contributed by atoms with Crippen LogP contribution >= 0.6 is 0 Å². The molecule has 2 saturated heterocycles. The van der Waals surface area contributed by atoms with Gasteiger partial charge in [-0.25, -0.2) is 17.2 Å². The van der Waals surface area contributed by atoms with E-state index in [2.05, 4.69) is 16.3 Å². The SMILES string of the molecule is O=C(NCc1ccccc1CN1CCCCC1)C1CCN(S(=O)(=O)c2cc(F)ccc2F)CC1. The highest BCUT2D eigenvalue weighted by Gasteiger charge is 2.33. The van der Waals surface area contributed by atoms with Gasteiger partial charge in [0.25, 0.3) is 0 Å². The highest BCUT2D eigenvalue weighted by molar-refractivity contribution is 7.89. The summed E-state index contributed by atoms with van der Waals surface area (Å²) in [5.41, 5.74) is 2.30. The Morgan fingerprint density at radius 2 is 1.62 bits per heavy atom. The van der Waals surface area contributed by atoms with Gasteiger partial charge < -0.3 is 5.32 Å².